The molecule has 0 N–H and O–H groups in total. The zero-order valence-corrected chi connectivity index (χ0v) is 16.3. The summed E-state index contributed by atoms with van der Waals surface area (Å²) in [7, 11) is 0. The van der Waals surface area contributed by atoms with Crippen molar-refractivity contribution in [3.8, 4) is 5.82 Å². The highest BCUT2D eigenvalue weighted by Gasteiger charge is 2.31. The number of alkyl halides is 3. The lowest BCUT2D eigenvalue weighted by molar-refractivity contribution is -0.137. The van der Waals surface area contributed by atoms with Crippen molar-refractivity contribution >= 4 is 23.1 Å². The highest BCUT2D eigenvalue weighted by molar-refractivity contribution is 6.33. The Bertz CT molecular complexity index is 1080. The molecule has 1 saturated heterocycles. The smallest absolute Gasteiger partial charge is 0.365 e. The van der Waals surface area contributed by atoms with Crippen molar-refractivity contribution in [1.29, 1.82) is 0 Å². The van der Waals surface area contributed by atoms with Gasteiger partial charge in [-0.25, -0.2) is 9.97 Å². The van der Waals surface area contributed by atoms with Crippen LogP contribution in [-0.4, -0.2) is 45.9 Å². The molecular formula is C19H16ClF3N6O. The van der Waals surface area contributed by atoms with Gasteiger partial charge in [-0.3, -0.25) is 4.79 Å². The van der Waals surface area contributed by atoms with Gasteiger partial charge in [-0.15, -0.1) is 0 Å². The van der Waals surface area contributed by atoms with Gasteiger partial charge in [-0.1, -0.05) is 17.7 Å². The average Bonchev–Trinajstić information content (AvgIpc) is 2.76. The molecule has 1 fully saturated rings. The number of hydrogen-bond acceptors (Lipinski definition) is 6. The molecule has 0 aliphatic carbocycles. The lowest BCUT2D eigenvalue weighted by Crippen LogP contribution is -2.47. The molecule has 1 aliphatic heterocycles. The standard InChI is InChI=1S/C19H16ClF3N6O/c20-17-14(27-7-9-28(10-8-27)15-3-1-2-6-24-15)12-26-29(18(17)30)16-5-4-13(11-25-16)19(21,22)23/h1-6,11-12H,7-10H2. The zero-order valence-electron chi connectivity index (χ0n) is 15.6. The van der Waals surface area contributed by atoms with Crippen LogP contribution in [0.1, 0.15) is 5.56 Å². The predicted molar refractivity (Wildman–Crippen MR) is 106 cm³/mol. The lowest BCUT2D eigenvalue weighted by Gasteiger charge is -2.36. The largest absolute Gasteiger partial charge is 0.417 e. The van der Waals surface area contributed by atoms with E-state index in [1.807, 2.05) is 23.1 Å². The summed E-state index contributed by atoms with van der Waals surface area (Å²) < 4.78 is 39.0. The number of hydrogen-bond donors (Lipinski definition) is 0. The second-order valence-electron chi connectivity index (χ2n) is 6.63. The van der Waals surface area contributed by atoms with E-state index in [1.165, 1.54) is 6.20 Å². The molecule has 7 nitrogen and oxygen atoms in total. The summed E-state index contributed by atoms with van der Waals surface area (Å²) in [4.78, 5) is 24.8. The molecule has 0 spiro atoms. The van der Waals surface area contributed by atoms with Gasteiger partial charge in [0.2, 0.25) is 0 Å². The third-order valence-corrected chi connectivity index (χ3v) is 5.14. The third kappa shape index (κ3) is 3.95. The molecule has 4 heterocycles. The summed E-state index contributed by atoms with van der Waals surface area (Å²) >= 11 is 6.29. The van der Waals surface area contributed by atoms with Gasteiger partial charge in [0, 0.05) is 38.6 Å². The molecule has 0 unspecified atom stereocenters. The van der Waals surface area contributed by atoms with Crippen LogP contribution in [0.5, 0.6) is 0 Å². The summed E-state index contributed by atoms with van der Waals surface area (Å²) in [6.07, 6.45) is -0.693. The van der Waals surface area contributed by atoms with Gasteiger partial charge in [-0.05, 0) is 24.3 Å². The van der Waals surface area contributed by atoms with Crippen LogP contribution in [-0.2, 0) is 6.18 Å². The summed E-state index contributed by atoms with van der Waals surface area (Å²) in [5.74, 6) is 0.839. The number of anilines is 2. The Hall–Kier alpha value is -3.14. The minimum absolute atomic E-state index is 0.0404. The molecule has 0 radical (unpaired) electrons. The number of nitrogens with zero attached hydrogens (tertiary/aromatic N) is 6. The third-order valence-electron chi connectivity index (χ3n) is 4.79. The second-order valence-corrected chi connectivity index (χ2v) is 7.00. The van der Waals surface area contributed by atoms with Gasteiger partial charge >= 0.3 is 6.18 Å². The molecule has 30 heavy (non-hydrogen) atoms. The molecule has 0 atom stereocenters. The van der Waals surface area contributed by atoms with Gasteiger partial charge in [0.1, 0.15) is 10.8 Å². The highest BCUT2D eigenvalue weighted by atomic mass is 35.5. The predicted octanol–water partition coefficient (Wildman–Crippen LogP) is 3.02. The van der Waals surface area contributed by atoms with E-state index in [-0.39, 0.29) is 10.8 Å². The first kappa shape index (κ1) is 20.1. The number of halogens is 4. The number of piperazine rings is 1. The number of rotatable bonds is 3. The first-order valence-corrected chi connectivity index (χ1v) is 9.45. The van der Waals surface area contributed by atoms with Crippen LogP contribution >= 0.6 is 11.6 Å². The number of aromatic nitrogens is 4. The van der Waals surface area contributed by atoms with E-state index in [0.717, 1.165) is 22.6 Å². The Balaban J connectivity index is 1.53. The molecule has 3 aromatic heterocycles. The van der Waals surface area contributed by atoms with Gasteiger partial charge in [0.15, 0.2) is 5.82 Å². The van der Waals surface area contributed by atoms with Crippen molar-refractivity contribution in [2.75, 3.05) is 36.0 Å². The zero-order chi connectivity index (χ0) is 21.3. The fraction of sp³-hybridized carbons (Fsp3) is 0.263. The highest BCUT2D eigenvalue weighted by Crippen LogP contribution is 2.29. The molecule has 0 saturated carbocycles. The molecule has 1 aliphatic rings. The minimum atomic E-state index is -4.51. The van der Waals surface area contributed by atoms with Crippen molar-refractivity contribution in [3.05, 3.63) is 69.9 Å². The normalized spacial score (nSPS) is 14.8. The first-order valence-electron chi connectivity index (χ1n) is 9.07. The van der Waals surface area contributed by atoms with Gasteiger partial charge in [0.25, 0.3) is 5.56 Å². The van der Waals surface area contributed by atoms with E-state index in [4.69, 9.17) is 11.6 Å². The quantitative estimate of drug-likeness (QED) is 0.629. The Morgan fingerprint density at radius 2 is 1.63 bits per heavy atom. The maximum absolute atomic E-state index is 12.7. The molecule has 4 rings (SSSR count). The molecule has 0 amide bonds. The minimum Gasteiger partial charge on any atom is -0.365 e. The van der Waals surface area contributed by atoms with Gasteiger partial charge in [0.05, 0.1) is 17.4 Å². The SMILES string of the molecule is O=c1c(Cl)c(N2CCN(c3ccccn3)CC2)cnn1-c1ccc(C(F)(F)F)cn1. The van der Waals surface area contributed by atoms with Crippen molar-refractivity contribution < 1.29 is 13.2 Å². The lowest BCUT2D eigenvalue weighted by atomic mass is 10.2. The maximum atomic E-state index is 12.7. The van der Waals surface area contributed by atoms with Gasteiger partial charge < -0.3 is 9.80 Å². The molecule has 156 valence electrons. The summed E-state index contributed by atoms with van der Waals surface area (Å²) in [6, 6.07) is 7.63. The number of pyridine rings is 2. The van der Waals surface area contributed by atoms with E-state index >= 15 is 0 Å². The fourth-order valence-electron chi connectivity index (χ4n) is 3.20. The summed E-state index contributed by atoms with van der Waals surface area (Å²) in [5, 5.41) is 4.00. The Morgan fingerprint density at radius 3 is 2.23 bits per heavy atom. The van der Waals surface area contributed by atoms with Crippen molar-refractivity contribution in [2.24, 2.45) is 0 Å². The van der Waals surface area contributed by atoms with Crippen LogP contribution in [0.3, 0.4) is 0 Å². The second kappa shape index (κ2) is 7.94. The Labute approximate surface area is 174 Å². The molecule has 0 aromatic carbocycles. The summed E-state index contributed by atoms with van der Waals surface area (Å²) in [5.41, 5.74) is -1.08. The first-order chi connectivity index (χ1) is 14.3. The van der Waals surface area contributed by atoms with Crippen molar-refractivity contribution in [2.45, 2.75) is 6.18 Å². The van der Waals surface area contributed by atoms with Crippen molar-refractivity contribution in [3.63, 3.8) is 0 Å². The van der Waals surface area contributed by atoms with Crippen LogP contribution in [0.4, 0.5) is 24.7 Å². The topological polar surface area (TPSA) is 67.2 Å². The van der Waals surface area contributed by atoms with E-state index in [0.29, 0.717) is 38.1 Å². The van der Waals surface area contributed by atoms with E-state index in [9.17, 15) is 18.0 Å². The van der Waals surface area contributed by atoms with Crippen LogP contribution in [0.2, 0.25) is 5.02 Å². The van der Waals surface area contributed by atoms with Crippen molar-refractivity contribution in [1.82, 2.24) is 19.7 Å². The summed E-state index contributed by atoms with van der Waals surface area (Å²) in [6.45, 7) is 2.60. The Kier molecular flexibility index (Phi) is 5.33. The van der Waals surface area contributed by atoms with Crippen LogP contribution < -0.4 is 15.4 Å². The van der Waals surface area contributed by atoms with Crippen LogP contribution in [0.15, 0.2) is 53.7 Å². The van der Waals surface area contributed by atoms with E-state index in [2.05, 4.69) is 20.0 Å². The fourth-order valence-corrected chi connectivity index (χ4v) is 3.45. The molecule has 0 bridgehead atoms. The van der Waals surface area contributed by atoms with Crippen LogP contribution in [0, 0.1) is 0 Å². The monoisotopic (exact) mass is 436 g/mol. The van der Waals surface area contributed by atoms with Crippen LogP contribution in [0.25, 0.3) is 5.82 Å². The average molecular weight is 437 g/mol. The van der Waals surface area contributed by atoms with E-state index < -0.39 is 17.3 Å². The molecular weight excluding hydrogens is 421 g/mol. The molecule has 3 aromatic rings. The van der Waals surface area contributed by atoms with Gasteiger partial charge in [-0.2, -0.15) is 23.0 Å². The Morgan fingerprint density at radius 1 is 0.900 bits per heavy atom. The molecule has 11 heteroatoms. The van der Waals surface area contributed by atoms with E-state index in [1.54, 1.807) is 6.20 Å². The maximum Gasteiger partial charge on any atom is 0.417 e.